The van der Waals surface area contributed by atoms with Crippen molar-refractivity contribution in [2.24, 2.45) is 0 Å². The number of hydrogen-bond donors (Lipinski definition) is 0. The van der Waals surface area contributed by atoms with Crippen molar-refractivity contribution < 1.29 is 0 Å². The van der Waals surface area contributed by atoms with Gasteiger partial charge in [-0.3, -0.25) is 0 Å². The highest BCUT2D eigenvalue weighted by Gasteiger charge is 2.45. The molecule has 8 rings (SSSR count). The van der Waals surface area contributed by atoms with Crippen molar-refractivity contribution in [2.75, 3.05) is 0 Å². The fourth-order valence-electron chi connectivity index (χ4n) is 7.39. The van der Waals surface area contributed by atoms with E-state index in [9.17, 15) is 0 Å². The van der Waals surface area contributed by atoms with E-state index in [0.29, 0.717) is 0 Å². The van der Waals surface area contributed by atoms with Crippen molar-refractivity contribution in [3.8, 4) is 56.2 Å². The number of hydrogen-bond acceptors (Lipinski definition) is 2. The summed E-state index contributed by atoms with van der Waals surface area (Å²) in [5.74, 6) is 0.745. The second-order valence-electron chi connectivity index (χ2n) is 11.7. The zero-order valence-corrected chi connectivity index (χ0v) is 23.6. The number of aromatic nitrogens is 2. The molecular weight excluding hydrogens is 508 g/mol. The van der Waals surface area contributed by atoms with E-state index in [4.69, 9.17) is 9.97 Å². The summed E-state index contributed by atoms with van der Waals surface area (Å²) in [5, 5.41) is 0. The number of benzene rings is 5. The van der Waals surface area contributed by atoms with Gasteiger partial charge >= 0.3 is 0 Å². The molecule has 0 radical (unpaired) electrons. The fraction of sp³-hybridized carbons (Fsp3) is 0.150. The van der Waals surface area contributed by atoms with Crippen molar-refractivity contribution in [1.82, 2.24) is 9.97 Å². The van der Waals surface area contributed by atoms with Gasteiger partial charge in [0.15, 0.2) is 5.82 Å². The van der Waals surface area contributed by atoms with Crippen LogP contribution >= 0.6 is 0 Å². The molecule has 2 heteroatoms. The van der Waals surface area contributed by atoms with Gasteiger partial charge in [-0.1, -0.05) is 141 Å². The van der Waals surface area contributed by atoms with Gasteiger partial charge in [0.1, 0.15) is 0 Å². The van der Waals surface area contributed by atoms with Crippen molar-refractivity contribution in [1.29, 1.82) is 0 Å². The molecule has 0 saturated heterocycles. The molecule has 0 unspecified atom stereocenters. The first-order chi connectivity index (χ1) is 20.8. The van der Waals surface area contributed by atoms with Crippen molar-refractivity contribution in [2.45, 2.75) is 37.5 Å². The van der Waals surface area contributed by atoms with Crippen LogP contribution in [0.5, 0.6) is 0 Å². The molecule has 0 aliphatic heterocycles. The highest BCUT2D eigenvalue weighted by atomic mass is 14.9. The van der Waals surface area contributed by atoms with E-state index >= 15 is 0 Å². The quantitative estimate of drug-likeness (QED) is 0.222. The minimum absolute atomic E-state index is 0.104. The fourth-order valence-corrected chi connectivity index (χ4v) is 7.39. The summed E-state index contributed by atoms with van der Waals surface area (Å²) in [7, 11) is 0. The van der Waals surface area contributed by atoms with E-state index in [1.165, 1.54) is 65.5 Å². The van der Waals surface area contributed by atoms with E-state index in [1.807, 2.05) is 24.3 Å². The normalized spacial score (nSPS) is 14.9. The third-order valence-corrected chi connectivity index (χ3v) is 9.28. The summed E-state index contributed by atoms with van der Waals surface area (Å²) in [5.41, 5.74) is 13.7. The SMILES string of the molecule is c1ccc(-c2cc(-c3cccc(-c4cccc5c4C4(CCCCC4)c4ccccc4-5)c3)nc(-c3ccccc3)n2)cc1. The molecule has 2 aliphatic rings. The highest BCUT2D eigenvalue weighted by molar-refractivity contribution is 5.89. The average molecular weight is 541 g/mol. The third-order valence-electron chi connectivity index (χ3n) is 9.28. The lowest BCUT2D eigenvalue weighted by atomic mass is 9.66. The molecule has 2 nitrogen and oxygen atoms in total. The zero-order valence-electron chi connectivity index (χ0n) is 23.6. The van der Waals surface area contributed by atoms with Gasteiger partial charge in [-0.05, 0) is 58.4 Å². The van der Waals surface area contributed by atoms with Crippen LogP contribution in [0.25, 0.3) is 56.2 Å². The Morgan fingerprint density at radius 3 is 1.79 bits per heavy atom. The van der Waals surface area contributed by atoms with Crippen LogP contribution in [0.3, 0.4) is 0 Å². The van der Waals surface area contributed by atoms with E-state index < -0.39 is 0 Å². The molecule has 1 fully saturated rings. The molecule has 0 N–H and O–H groups in total. The van der Waals surface area contributed by atoms with Crippen LogP contribution in [0, 0.1) is 0 Å². The van der Waals surface area contributed by atoms with Gasteiger partial charge in [-0.2, -0.15) is 0 Å². The Balaban J connectivity index is 1.29. The van der Waals surface area contributed by atoms with Crippen LogP contribution in [0.4, 0.5) is 0 Å². The lowest BCUT2D eigenvalue weighted by molar-refractivity contribution is 0.353. The number of nitrogens with zero attached hydrogens (tertiary/aromatic N) is 2. The van der Waals surface area contributed by atoms with E-state index in [0.717, 1.165) is 33.9 Å². The maximum atomic E-state index is 5.11. The Hall–Kier alpha value is -4.82. The van der Waals surface area contributed by atoms with Gasteiger partial charge in [0.2, 0.25) is 0 Å². The van der Waals surface area contributed by atoms with Crippen LogP contribution < -0.4 is 0 Å². The summed E-state index contributed by atoms with van der Waals surface area (Å²) in [6, 6.07) is 47.9. The van der Waals surface area contributed by atoms with E-state index in [2.05, 4.69) is 109 Å². The minimum Gasteiger partial charge on any atom is -0.228 e. The molecule has 0 bridgehead atoms. The van der Waals surface area contributed by atoms with Gasteiger partial charge in [-0.25, -0.2) is 9.97 Å². The Labute approximate surface area is 247 Å². The molecule has 42 heavy (non-hydrogen) atoms. The number of fused-ring (bicyclic) bond motifs is 5. The average Bonchev–Trinajstić information content (AvgIpc) is 3.35. The predicted molar refractivity (Wildman–Crippen MR) is 173 cm³/mol. The Bertz CT molecular complexity index is 1840. The molecule has 6 aromatic rings. The first-order valence-electron chi connectivity index (χ1n) is 15.1. The summed E-state index contributed by atoms with van der Waals surface area (Å²) >= 11 is 0. The smallest absolute Gasteiger partial charge is 0.160 e. The Morgan fingerprint density at radius 2 is 1.00 bits per heavy atom. The number of rotatable bonds is 4. The summed E-state index contributed by atoms with van der Waals surface area (Å²) in [4.78, 5) is 10.1. The van der Waals surface area contributed by atoms with Gasteiger partial charge < -0.3 is 0 Å². The maximum Gasteiger partial charge on any atom is 0.160 e. The third kappa shape index (κ3) is 4.10. The van der Waals surface area contributed by atoms with Crippen molar-refractivity contribution >= 4 is 0 Å². The van der Waals surface area contributed by atoms with Crippen LogP contribution in [-0.4, -0.2) is 9.97 Å². The molecule has 0 atom stereocenters. The largest absolute Gasteiger partial charge is 0.228 e. The second-order valence-corrected chi connectivity index (χ2v) is 11.7. The predicted octanol–water partition coefficient (Wildman–Crippen LogP) is 10.4. The summed E-state index contributed by atoms with van der Waals surface area (Å²) in [6.07, 6.45) is 6.35. The molecule has 2 aliphatic carbocycles. The Morgan fingerprint density at radius 1 is 0.429 bits per heavy atom. The summed E-state index contributed by atoms with van der Waals surface area (Å²) < 4.78 is 0. The standard InChI is InChI=1S/C40H32N2/c1-4-14-28(15-5-1)36-27-37(42-39(41-36)29-16-6-2-7-17-29)31-19-12-18-30(26-31)32-21-13-22-34-33-20-8-9-23-35(33)40(38(32)34)24-10-3-11-25-40/h1-2,4-9,12-23,26-27H,3,10-11,24-25H2. The second kappa shape index (κ2) is 10.2. The monoisotopic (exact) mass is 540 g/mol. The first-order valence-corrected chi connectivity index (χ1v) is 15.1. The van der Waals surface area contributed by atoms with E-state index in [1.54, 1.807) is 0 Å². The first kappa shape index (κ1) is 24.9. The molecule has 0 amide bonds. The molecule has 5 aromatic carbocycles. The van der Waals surface area contributed by atoms with Crippen molar-refractivity contribution in [3.63, 3.8) is 0 Å². The van der Waals surface area contributed by atoms with E-state index in [-0.39, 0.29) is 5.41 Å². The molecule has 1 saturated carbocycles. The highest BCUT2D eigenvalue weighted by Crippen LogP contribution is 2.58. The lowest BCUT2D eigenvalue weighted by Crippen LogP contribution is -2.28. The van der Waals surface area contributed by atoms with Gasteiger partial charge in [0, 0.05) is 22.1 Å². The van der Waals surface area contributed by atoms with Crippen LogP contribution in [0.1, 0.15) is 43.2 Å². The van der Waals surface area contributed by atoms with Crippen LogP contribution in [0.2, 0.25) is 0 Å². The minimum atomic E-state index is 0.104. The van der Waals surface area contributed by atoms with Crippen LogP contribution in [-0.2, 0) is 5.41 Å². The topological polar surface area (TPSA) is 25.8 Å². The van der Waals surface area contributed by atoms with Gasteiger partial charge in [0.05, 0.1) is 11.4 Å². The molecule has 1 aromatic heterocycles. The molecule has 1 heterocycles. The van der Waals surface area contributed by atoms with Gasteiger partial charge in [0.25, 0.3) is 0 Å². The van der Waals surface area contributed by atoms with Crippen molar-refractivity contribution in [3.05, 3.63) is 145 Å². The molecule has 202 valence electrons. The summed E-state index contributed by atoms with van der Waals surface area (Å²) in [6.45, 7) is 0. The zero-order chi connectivity index (χ0) is 27.9. The Kier molecular flexibility index (Phi) is 6.07. The molecule has 1 spiro atoms. The van der Waals surface area contributed by atoms with Gasteiger partial charge in [-0.15, -0.1) is 0 Å². The lowest BCUT2D eigenvalue weighted by Gasteiger charge is -2.37. The van der Waals surface area contributed by atoms with Crippen LogP contribution in [0.15, 0.2) is 133 Å². The molecular formula is C40H32N2. The maximum absolute atomic E-state index is 5.11.